The standard InChI is InChI=1S/C11H13BrN4O2S/c12-10-3-1-2-4-11(10)19(17,18)15-5-6-16-8-9(13)7-14-16/h1-4,7-8,15H,5-6,13H2. The number of nitrogens with two attached hydrogens (primary N) is 1. The third kappa shape index (κ3) is 3.55. The predicted octanol–water partition coefficient (Wildman–Crippen LogP) is 1.21. The molecule has 0 bridgehead atoms. The quantitative estimate of drug-likeness (QED) is 0.852. The Morgan fingerprint density at radius 2 is 2.11 bits per heavy atom. The van der Waals surface area contributed by atoms with Crippen LogP contribution < -0.4 is 10.5 Å². The summed E-state index contributed by atoms with van der Waals surface area (Å²) >= 11 is 3.22. The van der Waals surface area contributed by atoms with Crippen LogP contribution in [0.1, 0.15) is 0 Å². The van der Waals surface area contributed by atoms with Crippen LogP contribution >= 0.6 is 15.9 Å². The van der Waals surface area contributed by atoms with Crippen LogP contribution in [0.25, 0.3) is 0 Å². The van der Waals surface area contributed by atoms with E-state index in [9.17, 15) is 8.42 Å². The van der Waals surface area contributed by atoms with Gasteiger partial charge in [0.05, 0.1) is 23.3 Å². The molecule has 0 spiro atoms. The molecule has 2 rings (SSSR count). The number of nitrogen functional groups attached to an aromatic ring is 1. The Hall–Kier alpha value is -1.38. The van der Waals surface area contributed by atoms with Crippen molar-refractivity contribution < 1.29 is 8.42 Å². The number of anilines is 1. The molecule has 6 nitrogen and oxygen atoms in total. The molecule has 0 saturated carbocycles. The van der Waals surface area contributed by atoms with E-state index < -0.39 is 10.0 Å². The highest BCUT2D eigenvalue weighted by molar-refractivity contribution is 9.10. The molecule has 0 aliphatic heterocycles. The van der Waals surface area contributed by atoms with Gasteiger partial charge < -0.3 is 5.73 Å². The highest BCUT2D eigenvalue weighted by Gasteiger charge is 2.16. The minimum Gasteiger partial charge on any atom is -0.396 e. The second kappa shape index (κ2) is 5.72. The topological polar surface area (TPSA) is 90.0 Å². The van der Waals surface area contributed by atoms with Crippen LogP contribution in [0.3, 0.4) is 0 Å². The third-order valence-corrected chi connectivity index (χ3v) is 4.89. The number of hydrogen-bond donors (Lipinski definition) is 2. The number of rotatable bonds is 5. The number of halogens is 1. The van der Waals surface area contributed by atoms with Crippen LogP contribution in [0.4, 0.5) is 5.69 Å². The summed E-state index contributed by atoms with van der Waals surface area (Å²) in [7, 11) is -3.52. The summed E-state index contributed by atoms with van der Waals surface area (Å²) in [6.07, 6.45) is 3.16. The predicted molar refractivity (Wildman–Crippen MR) is 76.0 cm³/mol. The van der Waals surface area contributed by atoms with Crippen molar-refractivity contribution in [3.63, 3.8) is 0 Å². The molecular formula is C11H13BrN4O2S. The lowest BCUT2D eigenvalue weighted by Crippen LogP contribution is -2.27. The number of benzene rings is 1. The van der Waals surface area contributed by atoms with Gasteiger partial charge in [-0.15, -0.1) is 0 Å². The van der Waals surface area contributed by atoms with E-state index in [0.29, 0.717) is 16.7 Å². The number of nitrogens with one attached hydrogen (secondary N) is 1. The summed E-state index contributed by atoms with van der Waals surface area (Å²) in [4.78, 5) is 0.218. The Bertz CT molecular complexity index is 669. The smallest absolute Gasteiger partial charge is 0.241 e. The fraction of sp³-hybridized carbons (Fsp3) is 0.182. The van der Waals surface area contributed by atoms with Gasteiger partial charge in [-0.25, -0.2) is 13.1 Å². The van der Waals surface area contributed by atoms with Gasteiger partial charge in [0, 0.05) is 17.2 Å². The SMILES string of the molecule is Nc1cnn(CCNS(=O)(=O)c2ccccc2Br)c1. The van der Waals surface area contributed by atoms with Gasteiger partial charge >= 0.3 is 0 Å². The van der Waals surface area contributed by atoms with Gasteiger partial charge in [0.15, 0.2) is 0 Å². The third-order valence-electron chi connectivity index (χ3n) is 2.41. The number of sulfonamides is 1. The molecule has 0 radical (unpaired) electrons. The molecule has 102 valence electrons. The minimum absolute atomic E-state index is 0.218. The van der Waals surface area contributed by atoms with Crippen molar-refractivity contribution >= 4 is 31.6 Å². The number of nitrogens with zero attached hydrogens (tertiary/aromatic N) is 2. The van der Waals surface area contributed by atoms with Gasteiger partial charge in [0.25, 0.3) is 0 Å². The maximum atomic E-state index is 12.1. The Morgan fingerprint density at radius 3 is 2.74 bits per heavy atom. The second-order valence-corrected chi connectivity index (χ2v) is 6.45. The zero-order valence-electron chi connectivity index (χ0n) is 9.95. The second-order valence-electron chi connectivity index (χ2n) is 3.86. The highest BCUT2D eigenvalue weighted by Crippen LogP contribution is 2.20. The van der Waals surface area contributed by atoms with Crippen molar-refractivity contribution in [2.45, 2.75) is 11.4 Å². The van der Waals surface area contributed by atoms with Gasteiger partial charge in [-0.2, -0.15) is 5.10 Å². The van der Waals surface area contributed by atoms with Gasteiger partial charge in [-0.1, -0.05) is 12.1 Å². The van der Waals surface area contributed by atoms with E-state index in [1.54, 1.807) is 29.1 Å². The van der Waals surface area contributed by atoms with E-state index in [2.05, 4.69) is 25.8 Å². The Morgan fingerprint density at radius 1 is 1.37 bits per heavy atom. The molecule has 19 heavy (non-hydrogen) atoms. The van der Waals surface area contributed by atoms with Crippen molar-refractivity contribution in [3.05, 3.63) is 41.1 Å². The van der Waals surface area contributed by atoms with E-state index in [1.165, 1.54) is 12.3 Å². The molecule has 0 saturated heterocycles. The Balaban J connectivity index is 2.01. The molecule has 0 aliphatic carbocycles. The summed E-state index contributed by atoms with van der Waals surface area (Å²) in [5.74, 6) is 0. The number of aromatic nitrogens is 2. The van der Waals surface area contributed by atoms with Crippen molar-refractivity contribution in [1.29, 1.82) is 0 Å². The van der Waals surface area contributed by atoms with Gasteiger partial charge in [-0.3, -0.25) is 4.68 Å². The Labute approximate surface area is 119 Å². The van der Waals surface area contributed by atoms with E-state index in [1.807, 2.05) is 0 Å². The maximum absolute atomic E-state index is 12.1. The lowest BCUT2D eigenvalue weighted by Gasteiger charge is -2.08. The molecule has 1 heterocycles. The number of hydrogen-bond acceptors (Lipinski definition) is 4. The van der Waals surface area contributed by atoms with Crippen LogP contribution in [0, 0.1) is 0 Å². The summed E-state index contributed by atoms with van der Waals surface area (Å²) in [5, 5.41) is 3.97. The summed E-state index contributed by atoms with van der Waals surface area (Å²) < 4.78 is 28.7. The normalized spacial score (nSPS) is 11.6. The first-order valence-electron chi connectivity index (χ1n) is 5.51. The monoisotopic (exact) mass is 344 g/mol. The molecule has 1 aromatic carbocycles. The van der Waals surface area contributed by atoms with E-state index in [0.717, 1.165) is 0 Å². The molecule has 8 heteroatoms. The first-order chi connectivity index (χ1) is 8.99. The van der Waals surface area contributed by atoms with Crippen molar-refractivity contribution in [3.8, 4) is 0 Å². The molecule has 3 N–H and O–H groups in total. The van der Waals surface area contributed by atoms with Gasteiger partial charge in [0.1, 0.15) is 0 Å². The zero-order valence-corrected chi connectivity index (χ0v) is 12.4. The van der Waals surface area contributed by atoms with Gasteiger partial charge in [-0.05, 0) is 28.1 Å². The largest absolute Gasteiger partial charge is 0.396 e. The molecule has 0 amide bonds. The molecular weight excluding hydrogens is 332 g/mol. The zero-order chi connectivity index (χ0) is 13.9. The first-order valence-corrected chi connectivity index (χ1v) is 7.79. The fourth-order valence-electron chi connectivity index (χ4n) is 1.54. The van der Waals surface area contributed by atoms with Crippen LogP contribution in [-0.2, 0) is 16.6 Å². The minimum atomic E-state index is -3.52. The molecule has 0 aliphatic rings. The molecule has 2 aromatic rings. The summed E-state index contributed by atoms with van der Waals surface area (Å²) in [5.41, 5.74) is 6.07. The van der Waals surface area contributed by atoms with Crippen LogP contribution in [-0.4, -0.2) is 24.7 Å². The average Bonchev–Trinajstić information content (AvgIpc) is 2.75. The molecule has 0 fully saturated rings. The van der Waals surface area contributed by atoms with Crippen molar-refractivity contribution in [2.24, 2.45) is 0 Å². The molecule has 0 unspecified atom stereocenters. The maximum Gasteiger partial charge on any atom is 0.241 e. The fourth-order valence-corrected chi connectivity index (χ4v) is 3.56. The highest BCUT2D eigenvalue weighted by atomic mass is 79.9. The summed E-state index contributed by atoms with van der Waals surface area (Å²) in [6, 6.07) is 6.66. The average molecular weight is 345 g/mol. The van der Waals surface area contributed by atoms with E-state index >= 15 is 0 Å². The molecule has 0 atom stereocenters. The first kappa shape index (κ1) is 14.0. The lowest BCUT2D eigenvalue weighted by molar-refractivity contribution is 0.560. The van der Waals surface area contributed by atoms with E-state index in [4.69, 9.17) is 5.73 Å². The molecule has 1 aromatic heterocycles. The van der Waals surface area contributed by atoms with Crippen molar-refractivity contribution in [1.82, 2.24) is 14.5 Å². The summed E-state index contributed by atoms with van der Waals surface area (Å²) in [6.45, 7) is 0.658. The van der Waals surface area contributed by atoms with Crippen LogP contribution in [0.15, 0.2) is 46.0 Å². The van der Waals surface area contributed by atoms with Crippen LogP contribution in [0.5, 0.6) is 0 Å². The lowest BCUT2D eigenvalue weighted by atomic mass is 10.4. The van der Waals surface area contributed by atoms with Crippen molar-refractivity contribution in [2.75, 3.05) is 12.3 Å². The van der Waals surface area contributed by atoms with Crippen LogP contribution in [0.2, 0.25) is 0 Å². The Kier molecular flexibility index (Phi) is 4.23. The van der Waals surface area contributed by atoms with Gasteiger partial charge in [0.2, 0.25) is 10.0 Å². The van der Waals surface area contributed by atoms with E-state index in [-0.39, 0.29) is 11.4 Å².